The lowest BCUT2D eigenvalue weighted by Crippen LogP contribution is -2.32. The normalized spacial score (nSPS) is 15.1. The van der Waals surface area contributed by atoms with Gasteiger partial charge in [0.05, 0.1) is 17.7 Å². The van der Waals surface area contributed by atoms with E-state index in [0.29, 0.717) is 18.5 Å². The first-order chi connectivity index (χ1) is 12.2. The van der Waals surface area contributed by atoms with Crippen LogP contribution in [0.2, 0.25) is 0 Å². The largest absolute Gasteiger partial charge is 0.390 e. The van der Waals surface area contributed by atoms with E-state index in [1.165, 1.54) is 11.3 Å². The van der Waals surface area contributed by atoms with Crippen molar-refractivity contribution in [2.24, 2.45) is 0 Å². The van der Waals surface area contributed by atoms with E-state index in [1.807, 2.05) is 13.8 Å². The van der Waals surface area contributed by atoms with Crippen molar-refractivity contribution >= 4 is 17.2 Å². The number of halogens is 3. The van der Waals surface area contributed by atoms with Gasteiger partial charge in [0, 0.05) is 42.0 Å². The Morgan fingerprint density at radius 1 is 1.42 bits per heavy atom. The van der Waals surface area contributed by atoms with Crippen LogP contribution in [0.1, 0.15) is 44.2 Å². The number of alkyl halides is 3. The van der Waals surface area contributed by atoms with Crippen molar-refractivity contribution in [3.8, 4) is 0 Å². The number of rotatable bonds is 5. The first kappa shape index (κ1) is 18.9. The summed E-state index contributed by atoms with van der Waals surface area (Å²) in [5, 5.41) is 8.08. The van der Waals surface area contributed by atoms with Crippen LogP contribution in [0, 0.1) is 13.8 Å². The van der Waals surface area contributed by atoms with Gasteiger partial charge in [-0.1, -0.05) is 5.16 Å². The molecular weight excluding hydrogens is 367 g/mol. The Labute approximate surface area is 153 Å². The number of aromatic nitrogens is 1. The number of hydrogen-bond acceptors (Lipinski definition) is 5. The van der Waals surface area contributed by atoms with Gasteiger partial charge in [-0.25, -0.2) is 0 Å². The lowest BCUT2D eigenvalue weighted by Gasteiger charge is -2.27. The van der Waals surface area contributed by atoms with Gasteiger partial charge >= 0.3 is 6.18 Å². The summed E-state index contributed by atoms with van der Waals surface area (Å²) in [5.74, 6) is 0.384. The third kappa shape index (κ3) is 4.27. The maximum atomic E-state index is 12.2. The molecule has 0 saturated carbocycles. The minimum Gasteiger partial charge on any atom is -0.361 e. The number of amides is 1. The fraction of sp³-hybridized carbons (Fsp3) is 0.529. The number of carbonyl (C=O) groups is 1. The highest BCUT2D eigenvalue weighted by molar-refractivity contribution is 7.10. The molecule has 3 rings (SSSR count). The van der Waals surface area contributed by atoms with Crippen LogP contribution in [-0.4, -0.2) is 35.2 Å². The van der Waals surface area contributed by atoms with E-state index in [1.54, 1.807) is 5.38 Å². The monoisotopic (exact) mass is 387 g/mol. The molecule has 26 heavy (non-hydrogen) atoms. The number of nitrogens with zero attached hydrogens (tertiary/aromatic N) is 2. The van der Waals surface area contributed by atoms with Gasteiger partial charge < -0.3 is 9.84 Å². The van der Waals surface area contributed by atoms with E-state index in [4.69, 9.17) is 4.52 Å². The molecule has 3 heterocycles. The molecule has 142 valence electrons. The average molecular weight is 387 g/mol. The van der Waals surface area contributed by atoms with Crippen LogP contribution in [0.15, 0.2) is 9.90 Å². The zero-order chi connectivity index (χ0) is 18.9. The van der Waals surface area contributed by atoms with Crippen LogP contribution in [0.5, 0.6) is 0 Å². The van der Waals surface area contributed by atoms with Gasteiger partial charge in [0.2, 0.25) is 0 Å². The molecule has 1 N–H and O–H groups in total. The van der Waals surface area contributed by atoms with Crippen LogP contribution in [0.25, 0.3) is 0 Å². The SMILES string of the molecule is Cc1noc(C)c1CN1CCc2c(C(=O)NCCC(F)(F)F)csc2C1. The summed E-state index contributed by atoms with van der Waals surface area (Å²) in [7, 11) is 0. The van der Waals surface area contributed by atoms with Crippen molar-refractivity contribution in [2.45, 2.75) is 46.0 Å². The lowest BCUT2D eigenvalue weighted by atomic mass is 10.0. The molecule has 1 aliphatic rings. The summed E-state index contributed by atoms with van der Waals surface area (Å²) < 4.78 is 41.8. The van der Waals surface area contributed by atoms with Crippen LogP contribution in [0.4, 0.5) is 13.2 Å². The predicted octanol–water partition coefficient (Wildman–Crippen LogP) is 3.59. The zero-order valence-electron chi connectivity index (χ0n) is 14.6. The van der Waals surface area contributed by atoms with E-state index < -0.39 is 25.0 Å². The molecule has 0 unspecified atom stereocenters. The van der Waals surface area contributed by atoms with E-state index in [-0.39, 0.29) is 0 Å². The number of carbonyl (C=O) groups excluding carboxylic acids is 1. The number of thiophene rings is 1. The molecule has 2 aromatic rings. The highest BCUT2D eigenvalue weighted by atomic mass is 32.1. The quantitative estimate of drug-likeness (QED) is 0.852. The van der Waals surface area contributed by atoms with Crippen molar-refractivity contribution in [2.75, 3.05) is 13.1 Å². The molecule has 1 aliphatic heterocycles. The minimum atomic E-state index is -4.26. The molecule has 0 atom stereocenters. The Hall–Kier alpha value is -1.87. The third-order valence-electron chi connectivity index (χ3n) is 4.53. The van der Waals surface area contributed by atoms with Crippen molar-refractivity contribution in [3.63, 3.8) is 0 Å². The number of aryl methyl sites for hydroxylation is 2. The molecule has 0 radical (unpaired) electrons. The fourth-order valence-corrected chi connectivity index (χ4v) is 4.19. The Bertz CT molecular complexity index is 778. The first-order valence-electron chi connectivity index (χ1n) is 8.33. The smallest absolute Gasteiger partial charge is 0.361 e. The van der Waals surface area contributed by atoms with Gasteiger partial charge in [-0.3, -0.25) is 9.69 Å². The summed E-state index contributed by atoms with van der Waals surface area (Å²) in [6.07, 6.45) is -4.58. The number of nitrogens with one attached hydrogen (secondary N) is 1. The molecule has 0 saturated heterocycles. The molecule has 0 aromatic carbocycles. The Balaban J connectivity index is 1.62. The van der Waals surface area contributed by atoms with E-state index >= 15 is 0 Å². The Kier molecular flexibility index (Phi) is 5.38. The van der Waals surface area contributed by atoms with Crippen molar-refractivity contribution in [1.82, 2.24) is 15.4 Å². The van der Waals surface area contributed by atoms with Crippen LogP contribution >= 0.6 is 11.3 Å². The molecule has 5 nitrogen and oxygen atoms in total. The summed E-state index contributed by atoms with van der Waals surface area (Å²) in [4.78, 5) is 15.5. The standard InChI is InChI=1S/C17H20F3N3O2S/c1-10-13(11(2)25-22-10)7-23-6-3-12-14(9-26-15(12)8-23)16(24)21-5-4-17(18,19)20/h9H,3-8H2,1-2H3,(H,21,24). The van der Waals surface area contributed by atoms with Gasteiger partial charge in [-0.05, 0) is 25.8 Å². The highest BCUT2D eigenvalue weighted by Crippen LogP contribution is 2.30. The Morgan fingerprint density at radius 2 is 2.19 bits per heavy atom. The molecule has 0 spiro atoms. The van der Waals surface area contributed by atoms with Crippen molar-refractivity contribution in [1.29, 1.82) is 0 Å². The van der Waals surface area contributed by atoms with Gasteiger partial charge in [0.25, 0.3) is 5.91 Å². The maximum Gasteiger partial charge on any atom is 0.390 e. The van der Waals surface area contributed by atoms with E-state index in [0.717, 1.165) is 40.5 Å². The van der Waals surface area contributed by atoms with Crippen molar-refractivity contribution < 1.29 is 22.5 Å². The Morgan fingerprint density at radius 3 is 2.85 bits per heavy atom. The minimum absolute atomic E-state index is 0.398. The summed E-state index contributed by atoms with van der Waals surface area (Å²) in [6, 6.07) is 0. The highest BCUT2D eigenvalue weighted by Gasteiger charge is 2.28. The second kappa shape index (κ2) is 7.40. The predicted molar refractivity (Wildman–Crippen MR) is 91.1 cm³/mol. The molecular formula is C17H20F3N3O2S. The molecule has 9 heteroatoms. The zero-order valence-corrected chi connectivity index (χ0v) is 15.4. The topological polar surface area (TPSA) is 58.4 Å². The van der Waals surface area contributed by atoms with Gasteiger partial charge in [0.15, 0.2) is 0 Å². The van der Waals surface area contributed by atoms with Crippen LogP contribution in [-0.2, 0) is 19.5 Å². The molecule has 0 bridgehead atoms. The summed E-state index contributed by atoms with van der Waals surface area (Å²) in [5.41, 5.74) is 3.41. The first-order valence-corrected chi connectivity index (χ1v) is 9.21. The molecule has 0 fully saturated rings. The van der Waals surface area contributed by atoms with Gasteiger partial charge in [-0.2, -0.15) is 13.2 Å². The van der Waals surface area contributed by atoms with E-state index in [2.05, 4.69) is 15.4 Å². The molecule has 1 amide bonds. The van der Waals surface area contributed by atoms with Crippen molar-refractivity contribution in [3.05, 3.63) is 38.4 Å². The summed E-state index contributed by atoms with van der Waals surface area (Å²) in [6.45, 7) is 5.61. The summed E-state index contributed by atoms with van der Waals surface area (Å²) >= 11 is 1.48. The second-order valence-electron chi connectivity index (χ2n) is 6.44. The number of hydrogen-bond donors (Lipinski definition) is 1. The lowest BCUT2D eigenvalue weighted by molar-refractivity contribution is -0.132. The third-order valence-corrected chi connectivity index (χ3v) is 5.54. The van der Waals surface area contributed by atoms with Gasteiger partial charge in [-0.15, -0.1) is 11.3 Å². The van der Waals surface area contributed by atoms with Crippen LogP contribution in [0.3, 0.4) is 0 Å². The van der Waals surface area contributed by atoms with Gasteiger partial charge in [0.1, 0.15) is 5.76 Å². The molecule has 0 aliphatic carbocycles. The average Bonchev–Trinajstić information content (AvgIpc) is 3.11. The second-order valence-corrected chi connectivity index (χ2v) is 7.40. The fourth-order valence-electron chi connectivity index (χ4n) is 3.07. The van der Waals surface area contributed by atoms with E-state index in [9.17, 15) is 18.0 Å². The maximum absolute atomic E-state index is 12.2. The molecule has 2 aromatic heterocycles. The number of fused-ring (bicyclic) bond motifs is 1. The van der Waals surface area contributed by atoms with Crippen LogP contribution < -0.4 is 5.32 Å².